The minimum Gasteiger partial charge on any atom is -0.352 e. The normalized spacial score (nSPS) is 16.8. The van der Waals surface area contributed by atoms with Crippen molar-refractivity contribution >= 4 is 23.8 Å². The second-order valence-corrected chi connectivity index (χ2v) is 6.39. The standard InChI is InChI=1S/C18H22N4O4/c23-15(21-9-3-4-10-21)7-8-19-17(25)14-6-2-1-5-13(14)12-22-16(24)11-20-18(22)26/h1-2,5-6H,3-4,7-12H2,(H,19,25)(H,20,26). The number of imide groups is 1. The maximum atomic E-state index is 12.5. The Balaban J connectivity index is 1.58. The van der Waals surface area contributed by atoms with E-state index in [4.69, 9.17) is 0 Å². The second-order valence-electron chi connectivity index (χ2n) is 6.39. The molecule has 2 N–H and O–H groups in total. The molecule has 0 unspecified atom stereocenters. The maximum Gasteiger partial charge on any atom is 0.324 e. The zero-order valence-electron chi connectivity index (χ0n) is 14.5. The Morgan fingerprint density at radius 3 is 2.54 bits per heavy atom. The van der Waals surface area contributed by atoms with Gasteiger partial charge in [0.25, 0.3) is 5.91 Å². The number of carbonyl (C=O) groups excluding carboxylic acids is 4. The number of benzene rings is 1. The number of likely N-dealkylation sites (tertiary alicyclic amines) is 1. The summed E-state index contributed by atoms with van der Waals surface area (Å²) in [6.45, 7) is 1.86. The van der Waals surface area contributed by atoms with Crippen LogP contribution in [0, 0.1) is 0 Å². The van der Waals surface area contributed by atoms with Crippen LogP contribution in [0.1, 0.15) is 35.2 Å². The van der Waals surface area contributed by atoms with Gasteiger partial charge in [0.1, 0.15) is 0 Å². The largest absolute Gasteiger partial charge is 0.352 e. The predicted octanol–water partition coefficient (Wildman–Crippen LogP) is 0.481. The Hall–Kier alpha value is -2.90. The van der Waals surface area contributed by atoms with Gasteiger partial charge in [-0.05, 0) is 24.5 Å². The van der Waals surface area contributed by atoms with E-state index in [2.05, 4.69) is 10.6 Å². The lowest BCUT2D eigenvalue weighted by Crippen LogP contribution is -2.34. The molecule has 138 valence electrons. The number of carbonyl (C=O) groups is 4. The quantitative estimate of drug-likeness (QED) is 0.723. The molecule has 1 aromatic carbocycles. The van der Waals surface area contributed by atoms with Crippen LogP contribution in [-0.2, 0) is 16.1 Å². The summed E-state index contributed by atoms with van der Waals surface area (Å²) in [4.78, 5) is 50.8. The fourth-order valence-electron chi connectivity index (χ4n) is 3.17. The van der Waals surface area contributed by atoms with Crippen LogP contribution in [0.25, 0.3) is 0 Å². The maximum absolute atomic E-state index is 12.5. The third kappa shape index (κ3) is 4.01. The summed E-state index contributed by atoms with van der Waals surface area (Å²) in [6.07, 6.45) is 2.34. The number of rotatable bonds is 6. The van der Waals surface area contributed by atoms with Gasteiger partial charge in [0.15, 0.2) is 0 Å². The van der Waals surface area contributed by atoms with Gasteiger partial charge in [-0.3, -0.25) is 19.3 Å². The van der Waals surface area contributed by atoms with Gasteiger partial charge in [0.2, 0.25) is 11.8 Å². The molecule has 0 saturated carbocycles. The number of urea groups is 1. The highest BCUT2D eigenvalue weighted by Crippen LogP contribution is 2.14. The molecule has 5 amide bonds. The van der Waals surface area contributed by atoms with Crippen molar-refractivity contribution in [1.29, 1.82) is 0 Å². The molecule has 2 aliphatic rings. The highest BCUT2D eigenvalue weighted by molar-refractivity contribution is 6.02. The average molecular weight is 358 g/mol. The van der Waals surface area contributed by atoms with E-state index in [0.717, 1.165) is 30.8 Å². The molecule has 0 radical (unpaired) electrons. The van der Waals surface area contributed by atoms with Gasteiger partial charge in [-0.2, -0.15) is 0 Å². The van der Waals surface area contributed by atoms with E-state index < -0.39 is 6.03 Å². The minimum absolute atomic E-state index is 0.0220. The van der Waals surface area contributed by atoms with Gasteiger partial charge in [0, 0.05) is 31.6 Å². The molecule has 26 heavy (non-hydrogen) atoms. The van der Waals surface area contributed by atoms with Gasteiger partial charge in [0.05, 0.1) is 13.1 Å². The molecular weight excluding hydrogens is 336 g/mol. The van der Waals surface area contributed by atoms with Crippen LogP contribution in [0.15, 0.2) is 24.3 Å². The summed E-state index contributed by atoms with van der Waals surface area (Å²) in [5, 5.41) is 5.21. The average Bonchev–Trinajstić information content (AvgIpc) is 3.28. The lowest BCUT2D eigenvalue weighted by molar-refractivity contribution is -0.130. The third-order valence-corrected chi connectivity index (χ3v) is 4.61. The Labute approximate surface area is 151 Å². The van der Waals surface area contributed by atoms with Crippen LogP contribution < -0.4 is 10.6 Å². The summed E-state index contributed by atoms with van der Waals surface area (Å²) < 4.78 is 0. The van der Waals surface area contributed by atoms with E-state index in [1.165, 1.54) is 0 Å². The van der Waals surface area contributed by atoms with E-state index in [9.17, 15) is 19.2 Å². The van der Waals surface area contributed by atoms with Crippen molar-refractivity contribution in [3.8, 4) is 0 Å². The van der Waals surface area contributed by atoms with E-state index in [1.54, 1.807) is 24.3 Å². The number of hydrogen-bond acceptors (Lipinski definition) is 4. The topological polar surface area (TPSA) is 98.8 Å². The Kier molecular flexibility index (Phi) is 5.50. The van der Waals surface area contributed by atoms with Gasteiger partial charge in [-0.25, -0.2) is 4.79 Å². The minimum atomic E-state index is -0.457. The first-order chi connectivity index (χ1) is 12.6. The molecule has 0 aliphatic carbocycles. The molecule has 2 fully saturated rings. The first-order valence-electron chi connectivity index (χ1n) is 8.78. The van der Waals surface area contributed by atoms with Crippen LogP contribution in [0.3, 0.4) is 0 Å². The summed E-state index contributed by atoms with van der Waals surface area (Å²) in [7, 11) is 0. The molecule has 8 nitrogen and oxygen atoms in total. The molecule has 2 heterocycles. The van der Waals surface area contributed by atoms with Crippen LogP contribution >= 0.6 is 0 Å². The van der Waals surface area contributed by atoms with Gasteiger partial charge in [-0.15, -0.1) is 0 Å². The number of nitrogens with zero attached hydrogens (tertiary/aromatic N) is 2. The molecule has 2 saturated heterocycles. The lowest BCUT2D eigenvalue weighted by atomic mass is 10.1. The highest BCUT2D eigenvalue weighted by Gasteiger charge is 2.29. The van der Waals surface area contributed by atoms with E-state index >= 15 is 0 Å². The fourth-order valence-corrected chi connectivity index (χ4v) is 3.17. The fraction of sp³-hybridized carbons (Fsp3) is 0.444. The van der Waals surface area contributed by atoms with Crippen LogP contribution in [-0.4, -0.2) is 59.7 Å². The van der Waals surface area contributed by atoms with Crippen molar-refractivity contribution < 1.29 is 19.2 Å². The van der Waals surface area contributed by atoms with E-state index in [-0.39, 0.29) is 43.8 Å². The Morgan fingerprint density at radius 2 is 1.85 bits per heavy atom. The molecule has 0 aromatic heterocycles. The molecule has 0 spiro atoms. The van der Waals surface area contributed by atoms with Crippen LogP contribution in [0.5, 0.6) is 0 Å². The Morgan fingerprint density at radius 1 is 1.12 bits per heavy atom. The van der Waals surface area contributed by atoms with Crippen LogP contribution in [0.4, 0.5) is 4.79 Å². The van der Waals surface area contributed by atoms with E-state index in [0.29, 0.717) is 11.1 Å². The van der Waals surface area contributed by atoms with Gasteiger partial charge < -0.3 is 15.5 Å². The number of hydrogen-bond donors (Lipinski definition) is 2. The van der Waals surface area contributed by atoms with Crippen molar-refractivity contribution in [2.75, 3.05) is 26.2 Å². The lowest BCUT2D eigenvalue weighted by Gasteiger charge is -2.17. The summed E-state index contributed by atoms with van der Waals surface area (Å²) in [6, 6.07) is 6.37. The molecule has 0 atom stereocenters. The predicted molar refractivity (Wildman–Crippen MR) is 93.2 cm³/mol. The second kappa shape index (κ2) is 7.99. The summed E-state index contributed by atoms with van der Waals surface area (Å²) >= 11 is 0. The van der Waals surface area contributed by atoms with Crippen LogP contribution in [0.2, 0.25) is 0 Å². The smallest absolute Gasteiger partial charge is 0.324 e. The first-order valence-corrected chi connectivity index (χ1v) is 8.78. The van der Waals surface area contributed by atoms with Gasteiger partial charge >= 0.3 is 6.03 Å². The highest BCUT2D eigenvalue weighted by atomic mass is 16.2. The Bertz CT molecular complexity index is 712. The molecule has 1 aromatic rings. The molecular formula is C18H22N4O4. The van der Waals surface area contributed by atoms with Crippen molar-refractivity contribution in [2.24, 2.45) is 0 Å². The molecule has 2 aliphatic heterocycles. The van der Waals surface area contributed by atoms with Crippen molar-refractivity contribution in [2.45, 2.75) is 25.8 Å². The van der Waals surface area contributed by atoms with Crippen molar-refractivity contribution in [3.63, 3.8) is 0 Å². The zero-order valence-corrected chi connectivity index (χ0v) is 14.5. The molecule has 3 rings (SSSR count). The molecule has 8 heteroatoms. The summed E-state index contributed by atoms with van der Waals surface area (Å²) in [5.41, 5.74) is 0.981. The monoisotopic (exact) mass is 358 g/mol. The number of amides is 5. The van der Waals surface area contributed by atoms with Crippen molar-refractivity contribution in [1.82, 2.24) is 20.4 Å². The SMILES string of the molecule is O=C(NCCC(=O)N1CCCC1)c1ccccc1CN1C(=O)CNC1=O. The zero-order chi connectivity index (χ0) is 18.5. The molecule has 0 bridgehead atoms. The summed E-state index contributed by atoms with van der Waals surface area (Å²) in [5.74, 6) is -0.585. The third-order valence-electron chi connectivity index (χ3n) is 4.61. The van der Waals surface area contributed by atoms with E-state index in [1.807, 2.05) is 4.90 Å². The van der Waals surface area contributed by atoms with Crippen molar-refractivity contribution in [3.05, 3.63) is 35.4 Å². The first kappa shape index (κ1) is 17.9. The van der Waals surface area contributed by atoms with Gasteiger partial charge in [-0.1, -0.05) is 18.2 Å². The number of nitrogens with one attached hydrogen (secondary N) is 2.